The molecule has 0 heterocycles. The SMILES string of the molecule is CCCOC(=O)c1ccc(OCC(=O)N/N=C/c2ccc(C)cc2C)cc1. The summed E-state index contributed by atoms with van der Waals surface area (Å²) >= 11 is 0. The molecule has 142 valence electrons. The minimum atomic E-state index is -0.373. The van der Waals surface area contributed by atoms with E-state index in [-0.39, 0.29) is 18.5 Å². The molecule has 27 heavy (non-hydrogen) atoms. The van der Waals surface area contributed by atoms with Gasteiger partial charge in [0.15, 0.2) is 6.61 Å². The van der Waals surface area contributed by atoms with E-state index in [1.54, 1.807) is 30.5 Å². The molecule has 2 aromatic rings. The van der Waals surface area contributed by atoms with Crippen LogP contribution in [0.1, 0.15) is 40.4 Å². The number of hydrogen-bond donors (Lipinski definition) is 1. The van der Waals surface area contributed by atoms with Crippen molar-refractivity contribution >= 4 is 18.1 Å². The Bertz CT molecular complexity index is 813. The van der Waals surface area contributed by atoms with Gasteiger partial charge < -0.3 is 9.47 Å². The fraction of sp³-hybridized carbons (Fsp3) is 0.286. The summed E-state index contributed by atoms with van der Waals surface area (Å²) in [4.78, 5) is 23.5. The summed E-state index contributed by atoms with van der Waals surface area (Å²) in [7, 11) is 0. The zero-order chi connectivity index (χ0) is 19.6. The molecule has 0 bridgehead atoms. The Hall–Kier alpha value is -3.15. The lowest BCUT2D eigenvalue weighted by atomic mass is 10.1. The molecule has 6 nitrogen and oxygen atoms in total. The van der Waals surface area contributed by atoms with Crippen LogP contribution in [0.4, 0.5) is 0 Å². The van der Waals surface area contributed by atoms with Gasteiger partial charge in [0.1, 0.15) is 5.75 Å². The van der Waals surface area contributed by atoms with E-state index < -0.39 is 0 Å². The van der Waals surface area contributed by atoms with E-state index in [9.17, 15) is 9.59 Å². The Kier molecular flexibility index (Phi) is 7.55. The number of esters is 1. The maximum Gasteiger partial charge on any atom is 0.338 e. The summed E-state index contributed by atoms with van der Waals surface area (Å²) in [5.74, 6) is -0.264. The molecular weight excluding hydrogens is 344 g/mol. The number of ether oxygens (including phenoxy) is 2. The molecule has 0 unspecified atom stereocenters. The third kappa shape index (κ3) is 6.58. The normalized spacial score (nSPS) is 10.6. The number of carbonyl (C=O) groups is 2. The van der Waals surface area contributed by atoms with E-state index in [1.807, 2.05) is 39.0 Å². The van der Waals surface area contributed by atoms with Gasteiger partial charge in [0.2, 0.25) is 0 Å². The van der Waals surface area contributed by atoms with Crippen molar-refractivity contribution in [1.29, 1.82) is 0 Å². The van der Waals surface area contributed by atoms with E-state index in [1.165, 1.54) is 5.56 Å². The largest absolute Gasteiger partial charge is 0.484 e. The first-order valence-electron chi connectivity index (χ1n) is 8.78. The Balaban J connectivity index is 1.79. The van der Waals surface area contributed by atoms with Crippen LogP contribution >= 0.6 is 0 Å². The molecule has 0 fully saturated rings. The van der Waals surface area contributed by atoms with Crippen LogP contribution in [0.15, 0.2) is 47.6 Å². The van der Waals surface area contributed by atoms with Gasteiger partial charge in [-0.15, -0.1) is 0 Å². The quantitative estimate of drug-likeness (QED) is 0.440. The van der Waals surface area contributed by atoms with Gasteiger partial charge in [-0.2, -0.15) is 5.10 Å². The Morgan fingerprint density at radius 2 is 1.85 bits per heavy atom. The molecule has 2 rings (SSSR count). The summed E-state index contributed by atoms with van der Waals surface area (Å²) in [5, 5.41) is 3.94. The molecule has 0 aromatic heterocycles. The van der Waals surface area contributed by atoms with Crippen molar-refractivity contribution < 1.29 is 19.1 Å². The van der Waals surface area contributed by atoms with Crippen LogP contribution in [-0.2, 0) is 9.53 Å². The molecule has 6 heteroatoms. The van der Waals surface area contributed by atoms with E-state index >= 15 is 0 Å². The first-order chi connectivity index (χ1) is 13.0. The number of benzene rings is 2. The van der Waals surface area contributed by atoms with Crippen LogP contribution < -0.4 is 10.2 Å². The second-order valence-electron chi connectivity index (χ2n) is 6.10. The average Bonchev–Trinajstić information content (AvgIpc) is 2.66. The van der Waals surface area contributed by atoms with E-state index in [0.29, 0.717) is 17.9 Å². The highest BCUT2D eigenvalue weighted by atomic mass is 16.5. The molecule has 0 atom stereocenters. The fourth-order valence-corrected chi connectivity index (χ4v) is 2.29. The molecule has 0 saturated heterocycles. The highest BCUT2D eigenvalue weighted by Gasteiger charge is 2.07. The molecule has 1 N–H and O–H groups in total. The van der Waals surface area contributed by atoms with Crippen molar-refractivity contribution in [2.75, 3.05) is 13.2 Å². The number of aryl methyl sites for hydroxylation is 2. The van der Waals surface area contributed by atoms with Crippen LogP contribution in [0, 0.1) is 13.8 Å². The summed E-state index contributed by atoms with van der Waals surface area (Å²) < 4.78 is 10.4. The maximum absolute atomic E-state index is 11.8. The van der Waals surface area contributed by atoms with Gasteiger partial charge in [0, 0.05) is 0 Å². The van der Waals surface area contributed by atoms with E-state index in [4.69, 9.17) is 9.47 Å². The Morgan fingerprint density at radius 3 is 2.52 bits per heavy atom. The second kappa shape index (κ2) is 10.1. The third-order valence-corrected chi connectivity index (χ3v) is 3.72. The van der Waals surface area contributed by atoms with Crippen molar-refractivity contribution in [3.8, 4) is 5.75 Å². The lowest BCUT2D eigenvalue weighted by Gasteiger charge is -2.07. The zero-order valence-electron chi connectivity index (χ0n) is 15.8. The third-order valence-electron chi connectivity index (χ3n) is 3.72. The number of hydrogen-bond acceptors (Lipinski definition) is 5. The van der Waals surface area contributed by atoms with Crippen molar-refractivity contribution in [2.24, 2.45) is 5.10 Å². The van der Waals surface area contributed by atoms with Gasteiger partial charge in [-0.25, -0.2) is 10.2 Å². The van der Waals surface area contributed by atoms with Crippen molar-refractivity contribution in [3.05, 3.63) is 64.7 Å². The van der Waals surface area contributed by atoms with E-state index in [2.05, 4.69) is 10.5 Å². The lowest BCUT2D eigenvalue weighted by molar-refractivity contribution is -0.123. The van der Waals surface area contributed by atoms with Crippen LogP contribution in [-0.4, -0.2) is 31.3 Å². The molecule has 0 spiro atoms. The summed E-state index contributed by atoms with van der Waals surface area (Å²) in [6.45, 7) is 6.15. The first kappa shape index (κ1) is 20.2. The smallest absolute Gasteiger partial charge is 0.338 e. The lowest BCUT2D eigenvalue weighted by Crippen LogP contribution is -2.24. The molecule has 1 amide bonds. The number of nitrogens with one attached hydrogen (secondary N) is 1. The monoisotopic (exact) mass is 368 g/mol. The second-order valence-corrected chi connectivity index (χ2v) is 6.10. The summed E-state index contributed by atoms with van der Waals surface area (Å²) in [6.07, 6.45) is 2.37. The Morgan fingerprint density at radius 1 is 1.11 bits per heavy atom. The molecule has 0 aliphatic rings. The molecule has 0 saturated carbocycles. The van der Waals surface area contributed by atoms with Crippen LogP contribution in [0.3, 0.4) is 0 Å². The van der Waals surface area contributed by atoms with Crippen LogP contribution in [0.5, 0.6) is 5.75 Å². The fourth-order valence-electron chi connectivity index (χ4n) is 2.29. The van der Waals surface area contributed by atoms with Crippen molar-refractivity contribution in [1.82, 2.24) is 5.43 Å². The minimum absolute atomic E-state index is 0.177. The molecule has 2 aromatic carbocycles. The standard InChI is InChI=1S/C21H24N2O4/c1-4-11-26-21(25)17-7-9-19(10-8-17)27-14-20(24)23-22-13-18-6-5-15(2)12-16(18)3/h5-10,12-13H,4,11,14H2,1-3H3,(H,23,24)/b22-13+. The topological polar surface area (TPSA) is 77.0 Å². The predicted octanol–water partition coefficient (Wildman–Crippen LogP) is 3.40. The van der Waals surface area contributed by atoms with Gasteiger partial charge in [-0.05, 0) is 55.7 Å². The van der Waals surface area contributed by atoms with Crippen molar-refractivity contribution in [2.45, 2.75) is 27.2 Å². The van der Waals surface area contributed by atoms with E-state index in [0.717, 1.165) is 17.5 Å². The number of rotatable bonds is 8. The zero-order valence-corrected chi connectivity index (χ0v) is 15.8. The van der Waals surface area contributed by atoms with Crippen LogP contribution in [0.25, 0.3) is 0 Å². The van der Waals surface area contributed by atoms with Gasteiger partial charge in [0.05, 0.1) is 18.4 Å². The molecular formula is C21H24N2O4. The van der Waals surface area contributed by atoms with Gasteiger partial charge in [0.25, 0.3) is 5.91 Å². The number of amides is 1. The Labute approximate surface area is 159 Å². The summed E-state index contributed by atoms with van der Waals surface area (Å²) in [5.41, 5.74) is 6.07. The van der Waals surface area contributed by atoms with Crippen LogP contribution in [0.2, 0.25) is 0 Å². The molecule has 0 aliphatic carbocycles. The van der Waals surface area contributed by atoms with Gasteiger partial charge in [-0.1, -0.05) is 30.7 Å². The van der Waals surface area contributed by atoms with Gasteiger partial charge in [-0.3, -0.25) is 4.79 Å². The number of nitrogens with zero attached hydrogens (tertiary/aromatic N) is 1. The minimum Gasteiger partial charge on any atom is -0.484 e. The van der Waals surface area contributed by atoms with Crippen molar-refractivity contribution in [3.63, 3.8) is 0 Å². The number of hydrazone groups is 1. The number of carbonyl (C=O) groups excluding carboxylic acids is 2. The molecule has 0 aliphatic heterocycles. The van der Waals surface area contributed by atoms with Gasteiger partial charge >= 0.3 is 5.97 Å². The highest BCUT2D eigenvalue weighted by Crippen LogP contribution is 2.13. The predicted molar refractivity (Wildman–Crippen MR) is 104 cm³/mol. The summed E-state index contributed by atoms with van der Waals surface area (Å²) in [6, 6.07) is 12.4. The maximum atomic E-state index is 11.8. The first-order valence-corrected chi connectivity index (χ1v) is 8.78. The molecule has 0 radical (unpaired) electrons. The highest BCUT2D eigenvalue weighted by molar-refractivity contribution is 5.89. The average molecular weight is 368 g/mol.